The second kappa shape index (κ2) is 4.71. The van der Waals surface area contributed by atoms with E-state index in [2.05, 4.69) is 19.6 Å². The zero-order chi connectivity index (χ0) is 8.97. The lowest BCUT2D eigenvalue weighted by Crippen LogP contribution is -1.91. The van der Waals surface area contributed by atoms with Crippen LogP contribution in [0.15, 0.2) is 23.8 Å². The van der Waals surface area contributed by atoms with Gasteiger partial charge in [-0.25, -0.2) is 0 Å². The Kier molecular flexibility index (Phi) is 3.87. The van der Waals surface area contributed by atoms with E-state index in [-0.39, 0.29) is 5.38 Å². The van der Waals surface area contributed by atoms with E-state index in [0.29, 0.717) is 0 Å². The van der Waals surface area contributed by atoms with E-state index in [4.69, 9.17) is 11.6 Å². The molecule has 0 aliphatic heterocycles. The molecule has 1 aliphatic rings. The van der Waals surface area contributed by atoms with Gasteiger partial charge in [0, 0.05) is 0 Å². The van der Waals surface area contributed by atoms with Crippen LogP contribution in [0, 0.1) is 0 Å². The van der Waals surface area contributed by atoms with E-state index in [1.807, 2.05) is 0 Å². The van der Waals surface area contributed by atoms with Crippen LogP contribution in [0.1, 0.15) is 39.0 Å². The molecule has 1 atom stereocenters. The minimum Gasteiger partial charge on any atom is -0.118 e. The normalized spacial score (nSPS) is 24.5. The number of alkyl halides is 1. The first-order valence-corrected chi connectivity index (χ1v) is 5.10. The molecule has 0 saturated carbocycles. The molecule has 1 rings (SSSR count). The van der Waals surface area contributed by atoms with Crippen molar-refractivity contribution in [2.24, 2.45) is 0 Å². The molecule has 0 aromatic carbocycles. The fraction of sp³-hybridized carbons (Fsp3) is 0.636. The average Bonchev–Trinajstić information content (AvgIpc) is 2.12. The Morgan fingerprint density at radius 3 is 3.08 bits per heavy atom. The van der Waals surface area contributed by atoms with Crippen LogP contribution in [-0.4, -0.2) is 5.38 Å². The molecule has 0 saturated heterocycles. The molecule has 68 valence electrons. The lowest BCUT2D eigenvalue weighted by molar-refractivity contribution is 0.709. The van der Waals surface area contributed by atoms with E-state index in [9.17, 15) is 0 Å². The third-order valence-electron chi connectivity index (χ3n) is 2.17. The predicted octanol–water partition coefficient (Wildman–Crippen LogP) is 4.06. The summed E-state index contributed by atoms with van der Waals surface area (Å²) in [6.45, 7) is 6.00. The van der Waals surface area contributed by atoms with Gasteiger partial charge in [0.1, 0.15) is 0 Å². The summed E-state index contributed by atoms with van der Waals surface area (Å²) < 4.78 is 0. The molecule has 1 aliphatic carbocycles. The predicted molar refractivity (Wildman–Crippen MR) is 55.6 cm³/mol. The molecule has 0 N–H and O–H groups in total. The highest BCUT2D eigenvalue weighted by molar-refractivity contribution is 6.21. The Balaban J connectivity index is 2.53. The van der Waals surface area contributed by atoms with Gasteiger partial charge >= 0.3 is 0 Å². The monoisotopic (exact) mass is 184 g/mol. The molecule has 1 unspecified atom stereocenters. The Bertz CT molecular complexity index is 191. The van der Waals surface area contributed by atoms with Gasteiger partial charge in [-0.05, 0) is 32.6 Å². The van der Waals surface area contributed by atoms with Crippen molar-refractivity contribution in [3.05, 3.63) is 23.8 Å². The van der Waals surface area contributed by atoms with Crippen LogP contribution in [0.5, 0.6) is 0 Å². The smallest absolute Gasteiger partial charge is 0.0518 e. The Labute approximate surface area is 80.3 Å². The first-order chi connectivity index (χ1) is 5.68. The van der Waals surface area contributed by atoms with E-state index in [0.717, 1.165) is 12.8 Å². The number of rotatable bonds is 2. The molecule has 1 heteroatoms. The summed E-state index contributed by atoms with van der Waals surface area (Å²) in [5.74, 6) is 0. The van der Waals surface area contributed by atoms with Gasteiger partial charge in [-0.1, -0.05) is 30.2 Å². The number of allylic oxidation sites excluding steroid dienone is 3. The SMILES string of the molecule is C=C(C)CC1=CC(Cl)CCCC1. The maximum atomic E-state index is 6.09. The second-order valence-electron chi connectivity index (χ2n) is 3.72. The highest BCUT2D eigenvalue weighted by atomic mass is 35.5. The highest BCUT2D eigenvalue weighted by Gasteiger charge is 2.08. The van der Waals surface area contributed by atoms with Crippen molar-refractivity contribution < 1.29 is 0 Å². The van der Waals surface area contributed by atoms with Crippen molar-refractivity contribution >= 4 is 11.6 Å². The number of hydrogen-bond donors (Lipinski definition) is 0. The van der Waals surface area contributed by atoms with Crippen molar-refractivity contribution in [3.8, 4) is 0 Å². The molecular formula is C11H17Cl. The largest absolute Gasteiger partial charge is 0.118 e. The lowest BCUT2D eigenvalue weighted by atomic mass is 10.0. The third kappa shape index (κ3) is 3.44. The first-order valence-electron chi connectivity index (χ1n) is 4.66. The van der Waals surface area contributed by atoms with E-state index >= 15 is 0 Å². The zero-order valence-electron chi connectivity index (χ0n) is 7.78. The minimum absolute atomic E-state index is 0.266. The molecule has 0 nitrogen and oxygen atoms in total. The van der Waals surface area contributed by atoms with Crippen LogP contribution in [0.2, 0.25) is 0 Å². The van der Waals surface area contributed by atoms with Crippen molar-refractivity contribution in [2.75, 3.05) is 0 Å². The van der Waals surface area contributed by atoms with Crippen LogP contribution >= 0.6 is 11.6 Å². The van der Waals surface area contributed by atoms with Crippen LogP contribution < -0.4 is 0 Å². The summed E-state index contributed by atoms with van der Waals surface area (Å²) in [6, 6.07) is 0. The van der Waals surface area contributed by atoms with Crippen molar-refractivity contribution in [2.45, 2.75) is 44.4 Å². The molecule has 0 amide bonds. The number of halogens is 1. The van der Waals surface area contributed by atoms with Crippen LogP contribution in [-0.2, 0) is 0 Å². The van der Waals surface area contributed by atoms with Crippen LogP contribution in [0.3, 0.4) is 0 Å². The Morgan fingerprint density at radius 1 is 1.67 bits per heavy atom. The third-order valence-corrected chi connectivity index (χ3v) is 2.52. The van der Waals surface area contributed by atoms with Crippen molar-refractivity contribution in [3.63, 3.8) is 0 Å². The van der Waals surface area contributed by atoms with Crippen molar-refractivity contribution in [1.29, 1.82) is 0 Å². The minimum atomic E-state index is 0.266. The molecule has 0 aromatic heterocycles. The topological polar surface area (TPSA) is 0 Å². The second-order valence-corrected chi connectivity index (χ2v) is 4.28. The summed E-state index contributed by atoms with van der Waals surface area (Å²) in [4.78, 5) is 0. The fourth-order valence-electron chi connectivity index (χ4n) is 1.65. The maximum Gasteiger partial charge on any atom is 0.0518 e. The molecule has 0 heterocycles. The van der Waals surface area contributed by atoms with Gasteiger partial charge in [-0.3, -0.25) is 0 Å². The quantitative estimate of drug-likeness (QED) is 0.449. The molecule has 0 bridgehead atoms. The van der Waals surface area contributed by atoms with Crippen LogP contribution in [0.25, 0.3) is 0 Å². The standard InChI is InChI=1S/C11H17Cl/c1-9(2)7-10-5-3-4-6-11(12)8-10/h8,11H,1,3-7H2,2H3. The van der Waals surface area contributed by atoms with Gasteiger partial charge in [0.15, 0.2) is 0 Å². The molecule has 0 radical (unpaired) electrons. The van der Waals surface area contributed by atoms with Gasteiger partial charge in [0.25, 0.3) is 0 Å². The highest BCUT2D eigenvalue weighted by Crippen LogP contribution is 2.24. The summed E-state index contributed by atoms with van der Waals surface area (Å²) >= 11 is 6.09. The van der Waals surface area contributed by atoms with Gasteiger partial charge in [-0.15, -0.1) is 11.6 Å². The molecule has 0 fully saturated rings. The average molecular weight is 185 g/mol. The first kappa shape index (κ1) is 9.85. The summed E-state index contributed by atoms with van der Waals surface area (Å²) in [5, 5.41) is 0.266. The summed E-state index contributed by atoms with van der Waals surface area (Å²) in [7, 11) is 0. The van der Waals surface area contributed by atoms with Gasteiger partial charge < -0.3 is 0 Å². The van der Waals surface area contributed by atoms with E-state index < -0.39 is 0 Å². The molecule has 0 aromatic rings. The molecule has 12 heavy (non-hydrogen) atoms. The van der Waals surface area contributed by atoms with Gasteiger partial charge in [0.05, 0.1) is 5.38 Å². The lowest BCUT2D eigenvalue weighted by Gasteiger charge is -2.04. The van der Waals surface area contributed by atoms with Crippen molar-refractivity contribution in [1.82, 2.24) is 0 Å². The maximum absolute atomic E-state index is 6.09. The van der Waals surface area contributed by atoms with E-state index in [1.165, 1.54) is 30.4 Å². The summed E-state index contributed by atoms with van der Waals surface area (Å²) in [6.07, 6.45) is 8.19. The Morgan fingerprint density at radius 2 is 2.42 bits per heavy atom. The zero-order valence-corrected chi connectivity index (χ0v) is 8.53. The molecular weight excluding hydrogens is 168 g/mol. The van der Waals surface area contributed by atoms with E-state index in [1.54, 1.807) is 0 Å². The fourth-order valence-corrected chi connectivity index (χ4v) is 1.98. The van der Waals surface area contributed by atoms with Gasteiger partial charge in [-0.2, -0.15) is 0 Å². The van der Waals surface area contributed by atoms with Crippen LogP contribution in [0.4, 0.5) is 0 Å². The summed E-state index contributed by atoms with van der Waals surface area (Å²) in [5.41, 5.74) is 2.73. The number of hydrogen-bond acceptors (Lipinski definition) is 0. The Hall–Kier alpha value is -0.230. The molecule has 0 spiro atoms. The van der Waals surface area contributed by atoms with Gasteiger partial charge in [0.2, 0.25) is 0 Å².